The van der Waals surface area contributed by atoms with Crippen molar-refractivity contribution in [2.24, 2.45) is 5.92 Å². The molecule has 2 unspecified atom stereocenters. The molecule has 2 atom stereocenters. The van der Waals surface area contributed by atoms with Gasteiger partial charge in [-0.25, -0.2) is 0 Å². The molecule has 1 N–H and O–H groups in total. The maximum absolute atomic E-state index is 11.8. The molecule has 2 aliphatic heterocycles. The summed E-state index contributed by atoms with van der Waals surface area (Å²) in [6, 6.07) is 8.83. The van der Waals surface area contributed by atoms with Crippen LogP contribution >= 0.6 is 0 Å². The summed E-state index contributed by atoms with van der Waals surface area (Å²) in [5.74, 6) is 1.86. The molecular weight excluding hydrogens is 300 g/mol. The van der Waals surface area contributed by atoms with Crippen LogP contribution in [0.25, 0.3) is 0 Å². The van der Waals surface area contributed by atoms with Crippen molar-refractivity contribution >= 4 is 5.91 Å². The van der Waals surface area contributed by atoms with Gasteiger partial charge in [-0.2, -0.15) is 0 Å². The Hall–Kier alpha value is -1.55. The predicted molar refractivity (Wildman–Crippen MR) is 94.0 cm³/mol. The van der Waals surface area contributed by atoms with E-state index in [4.69, 9.17) is 4.74 Å². The van der Waals surface area contributed by atoms with Gasteiger partial charge in [0, 0.05) is 37.5 Å². The fraction of sp³-hybridized carbons (Fsp3) is 0.650. The van der Waals surface area contributed by atoms with Crippen molar-refractivity contribution < 1.29 is 9.53 Å². The van der Waals surface area contributed by atoms with E-state index in [9.17, 15) is 4.79 Å². The zero-order valence-electron chi connectivity index (χ0n) is 14.6. The molecule has 24 heavy (non-hydrogen) atoms. The van der Waals surface area contributed by atoms with Gasteiger partial charge < -0.3 is 15.0 Å². The number of rotatable bonds is 5. The average Bonchev–Trinajstić information content (AvgIpc) is 2.96. The SMILES string of the molecule is CC(CNC1CC2(CCC2)Oc2ccccc21)CN1CCCC1=O. The second kappa shape index (κ2) is 6.40. The number of para-hydroxylation sites is 1. The molecule has 4 rings (SSSR count). The Morgan fingerprint density at radius 3 is 2.88 bits per heavy atom. The summed E-state index contributed by atoms with van der Waals surface area (Å²) in [6.45, 7) is 5.00. The lowest BCUT2D eigenvalue weighted by molar-refractivity contribution is -0.128. The van der Waals surface area contributed by atoms with Crippen molar-refractivity contribution in [3.05, 3.63) is 29.8 Å². The highest BCUT2D eigenvalue weighted by Gasteiger charge is 2.45. The zero-order chi connectivity index (χ0) is 16.6. The minimum Gasteiger partial charge on any atom is -0.487 e. The van der Waals surface area contributed by atoms with Crippen LogP contribution in [-0.2, 0) is 4.79 Å². The smallest absolute Gasteiger partial charge is 0.222 e. The van der Waals surface area contributed by atoms with Gasteiger partial charge in [-0.1, -0.05) is 25.1 Å². The number of nitrogens with one attached hydrogen (secondary N) is 1. The number of likely N-dealkylation sites (tertiary alicyclic amines) is 1. The van der Waals surface area contributed by atoms with Crippen LogP contribution in [0.2, 0.25) is 0 Å². The molecule has 0 bridgehead atoms. The van der Waals surface area contributed by atoms with Gasteiger partial charge in [0.15, 0.2) is 0 Å². The highest BCUT2D eigenvalue weighted by molar-refractivity contribution is 5.78. The third-order valence-electron chi connectivity index (χ3n) is 5.88. The number of carbonyl (C=O) groups is 1. The number of carbonyl (C=O) groups excluding carboxylic acids is 1. The summed E-state index contributed by atoms with van der Waals surface area (Å²) in [4.78, 5) is 13.8. The van der Waals surface area contributed by atoms with Crippen LogP contribution in [0.3, 0.4) is 0 Å². The predicted octanol–water partition coefficient (Wildman–Crippen LogP) is 3.28. The van der Waals surface area contributed by atoms with Crippen LogP contribution in [0.4, 0.5) is 0 Å². The molecule has 1 saturated carbocycles. The fourth-order valence-electron chi connectivity index (χ4n) is 4.36. The Morgan fingerprint density at radius 2 is 2.17 bits per heavy atom. The van der Waals surface area contributed by atoms with Crippen LogP contribution in [0.5, 0.6) is 5.75 Å². The first-order chi connectivity index (χ1) is 11.7. The summed E-state index contributed by atoms with van der Waals surface area (Å²) < 4.78 is 6.32. The van der Waals surface area contributed by atoms with E-state index >= 15 is 0 Å². The standard InChI is InChI=1S/C20H28N2O2/c1-15(14-22-11-4-8-19(22)23)13-21-17-12-20(9-5-10-20)24-18-7-3-2-6-16(17)18/h2-3,6-7,15,17,21H,4-5,8-14H2,1H3. The maximum atomic E-state index is 11.8. The van der Waals surface area contributed by atoms with Crippen molar-refractivity contribution in [1.29, 1.82) is 0 Å². The molecule has 1 aliphatic carbocycles. The molecule has 1 amide bonds. The minimum atomic E-state index is 0.0696. The van der Waals surface area contributed by atoms with Gasteiger partial charge in [0.05, 0.1) is 0 Å². The number of fused-ring (bicyclic) bond motifs is 1. The van der Waals surface area contributed by atoms with Crippen molar-refractivity contribution in [3.63, 3.8) is 0 Å². The van der Waals surface area contributed by atoms with E-state index in [1.54, 1.807) is 0 Å². The Kier molecular flexibility index (Phi) is 4.25. The van der Waals surface area contributed by atoms with E-state index in [-0.39, 0.29) is 5.60 Å². The first-order valence-electron chi connectivity index (χ1n) is 9.44. The molecule has 2 heterocycles. The number of nitrogens with zero attached hydrogens (tertiary/aromatic N) is 1. The summed E-state index contributed by atoms with van der Waals surface area (Å²) in [5, 5.41) is 3.77. The minimum absolute atomic E-state index is 0.0696. The third kappa shape index (κ3) is 3.04. The maximum Gasteiger partial charge on any atom is 0.222 e. The van der Waals surface area contributed by atoms with Crippen LogP contribution in [0, 0.1) is 5.92 Å². The molecule has 1 spiro atoms. The monoisotopic (exact) mass is 328 g/mol. The van der Waals surface area contributed by atoms with Crippen LogP contribution in [0.1, 0.15) is 57.1 Å². The number of benzene rings is 1. The molecule has 2 fully saturated rings. The van der Waals surface area contributed by atoms with Crippen molar-refractivity contribution in [2.45, 2.75) is 57.1 Å². The van der Waals surface area contributed by atoms with Crippen LogP contribution < -0.4 is 10.1 Å². The van der Waals surface area contributed by atoms with Gasteiger partial charge in [-0.15, -0.1) is 0 Å². The fourth-order valence-corrected chi connectivity index (χ4v) is 4.36. The Labute approximate surface area is 144 Å². The van der Waals surface area contributed by atoms with Gasteiger partial charge in [0.2, 0.25) is 5.91 Å². The van der Waals surface area contributed by atoms with Crippen molar-refractivity contribution in [3.8, 4) is 5.75 Å². The average molecular weight is 328 g/mol. The van der Waals surface area contributed by atoms with Crippen LogP contribution in [0.15, 0.2) is 24.3 Å². The van der Waals surface area contributed by atoms with Gasteiger partial charge in [-0.3, -0.25) is 4.79 Å². The largest absolute Gasteiger partial charge is 0.487 e. The van der Waals surface area contributed by atoms with Crippen molar-refractivity contribution in [2.75, 3.05) is 19.6 Å². The Balaban J connectivity index is 1.39. The summed E-state index contributed by atoms with van der Waals surface area (Å²) in [6.07, 6.45) is 6.46. The van der Waals surface area contributed by atoms with E-state index in [0.717, 1.165) is 44.6 Å². The Morgan fingerprint density at radius 1 is 1.33 bits per heavy atom. The molecule has 1 aromatic carbocycles. The molecule has 4 heteroatoms. The third-order valence-corrected chi connectivity index (χ3v) is 5.88. The number of hydrogen-bond acceptors (Lipinski definition) is 3. The first kappa shape index (κ1) is 15.9. The van der Waals surface area contributed by atoms with Gasteiger partial charge >= 0.3 is 0 Å². The molecule has 0 radical (unpaired) electrons. The molecule has 1 aromatic rings. The highest BCUT2D eigenvalue weighted by atomic mass is 16.5. The quantitative estimate of drug-likeness (QED) is 0.902. The molecule has 3 aliphatic rings. The molecular formula is C20H28N2O2. The first-order valence-corrected chi connectivity index (χ1v) is 9.44. The lowest BCUT2D eigenvalue weighted by Gasteiger charge is -2.48. The molecule has 0 aromatic heterocycles. The van der Waals surface area contributed by atoms with Crippen molar-refractivity contribution in [1.82, 2.24) is 10.2 Å². The number of ether oxygens (including phenoxy) is 1. The lowest BCUT2D eigenvalue weighted by atomic mass is 9.73. The van der Waals surface area contributed by atoms with Gasteiger partial charge in [0.25, 0.3) is 0 Å². The second-order valence-corrected chi connectivity index (χ2v) is 7.89. The lowest BCUT2D eigenvalue weighted by Crippen LogP contribution is -2.49. The highest BCUT2D eigenvalue weighted by Crippen LogP contribution is 2.48. The van der Waals surface area contributed by atoms with Crippen LogP contribution in [-0.4, -0.2) is 36.0 Å². The second-order valence-electron chi connectivity index (χ2n) is 7.89. The molecule has 4 nitrogen and oxygen atoms in total. The van der Waals surface area contributed by atoms with Gasteiger partial charge in [0.1, 0.15) is 11.4 Å². The molecule has 1 saturated heterocycles. The van der Waals surface area contributed by atoms with Gasteiger partial charge in [-0.05, 0) is 44.2 Å². The number of hydrogen-bond donors (Lipinski definition) is 1. The van der Waals surface area contributed by atoms with E-state index in [1.807, 2.05) is 4.90 Å². The van der Waals surface area contributed by atoms with E-state index in [1.165, 1.54) is 24.8 Å². The molecule has 130 valence electrons. The Bertz CT molecular complexity index is 611. The van der Waals surface area contributed by atoms with E-state index < -0.39 is 0 Å². The number of amides is 1. The summed E-state index contributed by atoms with van der Waals surface area (Å²) in [7, 11) is 0. The van der Waals surface area contributed by atoms with E-state index in [0.29, 0.717) is 17.9 Å². The zero-order valence-corrected chi connectivity index (χ0v) is 14.6. The normalized spacial score (nSPS) is 26.0. The summed E-state index contributed by atoms with van der Waals surface area (Å²) >= 11 is 0. The summed E-state index contributed by atoms with van der Waals surface area (Å²) in [5.41, 5.74) is 1.36. The topological polar surface area (TPSA) is 41.6 Å². The van der Waals surface area contributed by atoms with E-state index in [2.05, 4.69) is 36.5 Å².